The SMILES string of the molecule is COCCn1ncc(Cl)c1CCC(Cl)C(C)C. The predicted molar refractivity (Wildman–Crippen MR) is 71.9 cm³/mol. The van der Waals surface area contributed by atoms with Gasteiger partial charge in [0.1, 0.15) is 0 Å². The van der Waals surface area contributed by atoms with Gasteiger partial charge in [0, 0.05) is 12.5 Å². The van der Waals surface area contributed by atoms with Crippen LogP contribution in [0.5, 0.6) is 0 Å². The van der Waals surface area contributed by atoms with Crippen molar-refractivity contribution in [3.63, 3.8) is 0 Å². The number of halogens is 2. The first-order valence-corrected chi connectivity index (χ1v) is 6.71. The van der Waals surface area contributed by atoms with E-state index >= 15 is 0 Å². The van der Waals surface area contributed by atoms with Crippen molar-refractivity contribution in [2.75, 3.05) is 13.7 Å². The lowest BCUT2D eigenvalue weighted by atomic mass is 10.0. The first-order valence-electron chi connectivity index (χ1n) is 5.89. The van der Waals surface area contributed by atoms with E-state index in [0.717, 1.165) is 25.1 Å². The van der Waals surface area contributed by atoms with Crippen LogP contribution in [0.25, 0.3) is 0 Å². The van der Waals surface area contributed by atoms with Gasteiger partial charge < -0.3 is 4.74 Å². The lowest BCUT2D eigenvalue weighted by Gasteiger charge is -2.14. The molecule has 98 valence electrons. The Morgan fingerprint density at radius 2 is 2.18 bits per heavy atom. The summed E-state index contributed by atoms with van der Waals surface area (Å²) in [5.41, 5.74) is 1.05. The minimum absolute atomic E-state index is 0.178. The van der Waals surface area contributed by atoms with E-state index < -0.39 is 0 Å². The van der Waals surface area contributed by atoms with E-state index in [0.29, 0.717) is 17.5 Å². The third-order valence-corrected chi connectivity index (χ3v) is 3.82. The molecule has 1 aromatic heterocycles. The van der Waals surface area contributed by atoms with Crippen LogP contribution in [0.3, 0.4) is 0 Å². The van der Waals surface area contributed by atoms with Crippen molar-refractivity contribution in [2.45, 2.75) is 38.6 Å². The summed E-state index contributed by atoms with van der Waals surface area (Å²) in [6, 6.07) is 0. The molecule has 3 nitrogen and oxygen atoms in total. The molecule has 0 N–H and O–H groups in total. The molecule has 1 heterocycles. The highest BCUT2D eigenvalue weighted by Gasteiger charge is 2.14. The summed E-state index contributed by atoms with van der Waals surface area (Å²) in [5, 5.41) is 5.13. The predicted octanol–water partition coefficient (Wildman–Crippen LogP) is 3.38. The number of aromatic nitrogens is 2. The molecule has 0 bridgehead atoms. The van der Waals surface area contributed by atoms with Crippen LogP contribution in [-0.2, 0) is 17.7 Å². The monoisotopic (exact) mass is 278 g/mol. The zero-order chi connectivity index (χ0) is 12.8. The third kappa shape index (κ3) is 4.49. The van der Waals surface area contributed by atoms with E-state index in [1.165, 1.54) is 0 Å². The molecule has 17 heavy (non-hydrogen) atoms. The molecule has 1 aromatic rings. The van der Waals surface area contributed by atoms with Crippen LogP contribution in [0.4, 0.5) is 0 Å². The van der Waals surface area contributed by atoms with Crippen molar-refractivity contribution in [1.29, 1.82) is 0 Å². The lowest BCUT2D eigenvalue weighted by Crippen LogP contribution is -2.13. The van der Waals surface area contributed by atoms with Gasteiger partial charge in [-0.05, 0) is 18.8 Å². The van der Waals surface area contributed by atoms with Gasteiger partial charge in [-0.15, -0.1) is 11.6 Å². The van der Waals surface area contributed by atoms with E-state index in [-0.39, 0.29) is 5.38 Å². The Hall–Kier alpha value is -0.250. The Balaban J connectivity index is 2.59. The number of hydrogen-bond acceptors (Lipinski definition) is 2. The topological polar surface area (TPSA) is 27.1 Å². The van der Waals surface area contributed by atoms with Crippen LogP contribution in [0, 0.1) is 5.92 Å². The highest BCUT2D eigenvalue weighted by molar-refractivity contribution is 6.31. The Morgan fingerprint density at radius 3 is 2.76 bits per heavy atom. The van der Waals surface area contributed by atoms with Gasteiger partial charge >= 0.3 is 0 Å². The fourth-order valence-electron chi connectivity index (χ4n) is 1.61. The van der Waals surface area contributed by atoms with Gasteiger partial charge in [0.15, 0.2) is 0 Å². The maximum Gasteiger partial charge on any atom is 0.0817 e. The summed E-state index contributed by atoms with van der Waals surface area (Å²) < 4.78 is 6.94. The second kappa shape index (κ2) is 7.24. The van der Waals surface area contributed by atoms with Crippen molar-refractivity contribution in [1.82, 2.24) is 9.78 Å². The van der Waals surface area contributed by atoms with E-state index in [9.17, 15) is 0 Å². The number of ether oxygens (including phenoxy) is 1. The Morgan fingerprint density at radius 1 is 1.47 bits per heavy atom. The van der Waals surface area contributed by atoms with Crippen LogP contribution in [0.1, 0.15) is 26.0 Å². The minimum Gasteiger partial charge on any atom is -0.383 e. The summed E-state index contributed by atoms with van der Waals surface area (Å²) in [6.45, 7) is 5.62. The van der Waals surface area contributed by atoms with Gasteiger partial charge in [-0.25, -0.2) is 0 Å². The molecular weight excluding hydrogens is 259 g/mol. The Labute approximate surface area is 113 Å². The van der Waals surface area contributed by atoms with E-state index in [2.05, 4.69) is 18.9 Å². The van der Waals surface area contributed by atoms with Gasteiger partial charge in [-0.2, -0.15) is 5.10 Å². The van der Waals surface area contributed by atoms with E-state index in [4.69, 9.17) is 27.9 Å². The summed E-state index contributed by atoms with van der Waals surface area (Å²) in [4.78, 5) is 0. The average Bonchev–Trinajstić information content (AvgIpc) is 2.64. The molecule has 0 aliphatic carbocycles. The van der Waals surface area contributed by atoms with Crippen LogP contribution in [0.15, 0.2) is 6.20 Å². The molecule has 0 radical (unpaired) electrons. The smallest absolute Gasteiger partial charge is 0.0817 e. The molecule has 1 unspecified atom stereocenters. The van der Waals surface area contributed by atoms with Gasteiger partial charge in [-0.3, -0.25) is 4.68 Å². The first-order chi connectivity index (χ1) is 8.06. The minimum atomic E-state index is 0.178. The highest BCUT2D eigenvalue weighted by atomic mass is 35.5. The summed E-state index contributed by atoms with van der Waals surface area (Å²) in [7, 11) is 1.68. The number of rotatable bonds is 7. The molecule has 0 aromatic carbocycles. The molecule has 0 aliphatic heterocycles. The first kappa shape index (κ1) is 14.8. The lowest BCUT2D eigenvalue weighted by molar-refractivity contribution is 0.182. The fourth-order valence-corrected chi connectivity index (χ4v) is 1.96. The molecule has 0 aliphatic rings. The quantitative estimate of drug-likeness (QED) is 0.715. The van der Waals surface area contributed by atoms with Crippen molar-refractivity contribution >= 4 is 23.2 Å². The molecule has 0 spiro atoms. The molecule has 1 atom stereocenters. The third-order valence-electron chi connectivity index (χ3n) is 2.79. The standard InChI is InChI=1S/C12H20Cl2N2O/c1-9(2)10(13)4-5-12-11(14)8-15-16(12)6-7-17-3/h8-10H,4-7H2,1-3H3. The Kier molecular flexibility index (Phi) is 6.31. The van der Waals surface area contributed by atoms with Gasteiger partial charge in [0.05, 0.1) is 30.1 Å². The molecule has 0 amide bonds. The fraction of sp³-hybridized carbons (Fsp3) is 0.750. The maximum atomic E-state index is 6.24. The number of methoxy groups -OCH3 is 1. The summed E-state index contributed by atoms with van der Waals surface area (Å²) in [5.74, 6) is 0.478. The molecule has 5 heteroatoms. The highest BCUT2D eigenvalue weighted by Crippen LogP contribution is 2.21. The summed E-state index contributed by atoms with van der Waals surface area (Å²) >= 11 is 12.4. The molecule has 0 fully saturated rings. The molecule has 1 rings (SSSR count). The second-order valence-corrected chi connectivity index (χ2v) is 5.42. The normalized spacial score (nSPS) is 13.3. The van der Waals surface area contributed by atoms with Crippen molar-refractivity contribution in [3.8, 4) is 0 Å². The van der Waals surface area contributed by atoms with Gasteiger partial charge in [-0.1, -0.05) is 25.4 Å². The average molecular weight is 279 g/mol. The zero-order valence-electron chi connectivity index (χ0n) is 10.6. The van der Waals surface area contributed by atoms with E-state index in [1.807, 2.05) is 4.68 Å². The van der Waals surface area contributed by atoms with Crippen LogP contribution in [-0.4, -0.2) is 28.9 Å². The van der Waals surface area contributed by atoms with Crippen molar-refractivity contribution in [2.24, 2.45) is 5.92 Å². The molecule has 0 saturated carbocycles. The molecule has 0 saturated heterocycles. The number of hydrogen-bond donors (Lipinski definition) is 0. The Bertz CT molecular complexity index is 339. The number of nitrogens with zero attached hydrogens (tertiary/aromatic N) is 2. The van der Waals surface area contributed by atoms with Gasteiger partial charge in [0.2, 0.25) is 0 Å². The maximum absolute atomic E-state index is 6.24. The van der Waals surface area contributed by atoms with Crippen LogP contribution < -0.4 is 0 Å². The van der Waals surface area contributed by atoms with Crippen LogP contribution >= 0.6 is 23.2 Å². The van der Waals surface area contributed by atoms with E-state index in [1.54, 1.807) is 13.3 Å². The van der Waals surface area contributed by atoms with Crippen LogP contribution in [0.2, 0.25) is 5.02 Å². The zero-order valence-corrected chi connectivity index (χ0v) is 12.1. The van der Waals surface area contributed by atoms with Gasteiger partial charge in [0.25, 0.3) is 0 Å². The van der Waals surface area contributed by atoms with Crippen molar-refractivity contribution < 1.29 is 4.74 Å². The largest absolute Gasteiger partial charge is 0.383 e. The second-order valence-electron chi connectivity index (χ2n) is 4.45. The number of alkyl halides is 1. The molecular formula is C12H20Cl2N2O. The van der Waals surface area contributed by atoms with Crippen molar-refractivity contribution in [3.05, 3.63) is 16.9 Å². The summed E-state index contributed by atoms with van der Waals surface area (Å²) in [6.07, 6.45) is 3.46.